The summed E-state index contributed by atoms with van der Waals surface area (Å²) in [6.07, 6.45) is 1.85. The van der Waals surface area contributed by atoms with Crippen molar-refractivity contribution in [3.05, 3.63) is 22.8 Å². The summed E-state index contributed by atoms with van der Waals surface area (Å²) in [4.78, 5) is 4.31. The van der Waals surface area contributed by atoms with Gasteiger partial charge in [0, 0.05) is 6.20 Å². The van der Waals surface area contributed by atoms with Gasteiger partial charge in [-0.1, -0.05) is 5.92 Å². The number of rotatable bonds is 2. The maximum absolute atomic E-state index is 4.31. The Morgan fingerprint density at radius 2 is 2.47 bits per heavy atom. The average Bonchev–Trinajstić information content (AvgIpc) is 2.63. The third kappa shape index (κ3) is 2.10. The molecular weight excluding hydrogens is 256 g/mol. The van der Waals surface area contributed by atoms with E-state index < -0.39 is 0 Å². The number of nitrogens with one attached hydrogen (secondary N) is 1. The Labute approximate surface area is 95.8 Å². The van der Waals surface area contributed by atoms with Crippen molar-refractivity contribution in [1.82, 2.24) is 14.6 Å². The zero-order valence-electron chi connectivity index (χ0n) is 8.16. The molecule has 1 N–H and O–H groups in total. The quantitative estimate of drug-likeness (QED) is 0.843. The molecule has 0 aliphatic heterocycles. The molecule has 0 fully saturated rings. The highest BCUT2D eigenvalue weighted by molar-refractivity contribution is 9.10. The molecule has 2 rings (SSSR count). The van der Waals surface area contributed by atoms with Gasteiger partial charge in [0.25, 0.3) is 0 Å². The molecule has 0 bridgehead atoms. The second kappa shape index (κ2) is 4.32. The van der Waals surface area contributed by atoms with E-state index in [0.29, 0.717) is 12.5 Å². The molecule has 2 heterocycles. The van der Waals surface area contributed by atoms with Crippen LogP contribution in [-0.4, -0.2) is 21.1 Å². The fraction of sp³-hybridized carbons (Fsp3) is 0.200. The van der Waals surface area contributed by atoms with Gasteiger partial charge in [0.05, 0.1) is 11.0 Å². The van der Waals surface area contributed by atoms with Crippen LogP contribution >= 0.6 is 15.9 Å². The van der Waals surface area contributed by atoms with Crippen molar-refractivity contribution in [3.63, 3.8) is 0 Å². The lowest BCUT2D eigenvalue weighted by molar-refractivity contribution is 0.957. The number of nitrogens with zero attached hydrogens (tertiary/aromatic N) is 3. The lowest BCUT2D eigenvalue weighted by atomic mass is 10.5. The second-order valence-electron chi connectivity index (χ2n) is 2.84. The molecule has 0 amide bonds. The van der Waals surface area contributed by atoms with E-state index in [0.717, 1.165) is 10.1 Å². The minimum absolute atomic E-state index is 0.561. The van der Waals surface area contributed by atoms with Crippen LogP contribution < -0.4 is 5.32 Å². The Balaban J connectivity index is 2.29. The monoisotopic (exact) mass is 264 g/mol. The van der Waals surface area contributed by atoms with Crippen molar-refractivity contribution in [2.75, 3.05) is 11.9 Å². The van der Waals surface area contributed by atoms with E-state index in [2.05, 4.69) is 43.2 Å². The van der Waals surface area contributed by atoms with Gasteiger partial charge in [0.1, 0.15) is 0 Å². The number of hydrogen-bond donors (Lipinski definition) is 1. The van der Waals surface area contributed by atoms with Crippen LogP contribution in [0.3, 0.4) is 0 Å². The third-order valence-electron chi connectivity index (χ3n) is 1.83. The summed E-state index contributed by atoms with van der Waals surface area (Å²) in [5.41, 5.74) is 0.796. The Morgan fingerprint density at radius 1 is 1.60 bits per heavy atom. The molecule has 0 aliphatic rings. The molecule has 0 aromatic carbocycles. The van der Waals surface area contributed by atoms with Gasteiger partial charge >= 0.3 is 0 Å². The van der Waals surface area contributed by atoms with Gasteiger partial charge in [0.2, 0.25) is 5.95 Å². The number of fused-ring (bicyclic) bond motifs is 1. The normalized spacial score (nSPS) is 9.73. The van der Waals surface area contributed by atoms with Crippen molar-refractivity contribution < 1.29 is 0 Å². The second-order valence-corrected chi connectivity index (χ2v) is 3.69. The Hall–Kier alpha value is -1.54. The highest BCUT2D eigenvalue weighted by Gasteiger charge is 2.04. The third-order valence-corrected chi connectivity index (χ3v) is 2.45. The fourth-order valence-electron chi connectivity index (χ4n) is 1.16. The number of halogens is 1. The van der Waals surface area contributed by atoms with Crippen LogP contribution in [0.2, 0.25) is 0 Å². The number of hydrogen-bond acceptors (Lipinski definition) is 3. The van der Waals surface area contributed by atoms with Gasteiger partial charge < -0.3 is 5.32 Å². The summed E-state index contributed by atoms with van der Waals surface area (Å²) >= 11 is 3.41. The van der Waals surface area contributed by atoms with Crippen LogP contribution in [0.1, 0.15) is 6.92 Å². The van der Waals surface area contributed by atoms with Crippen LogP contribution in [0.25, 0.3) is 5.65 Å². The molecular formula is C10H9BrN4. The van der Waals surface area contributed by atoms with Crippen LogP contribution in [0.5, 0.6) is 0 Å². The molecule has 0 atom stereocenters. The Kier molecular flexibility index (Phi) is 2.88. The minimum atomic E-state index is 0.561. The molecule has 0 aliphatic carbocycles. The topological polar surface area (TPSA) is 42.2 Å². The molecule has 5 heteroatoms. The lowest BCUT2D eigenvalue weighted by Crippen LogP contribution is -2.00. The smallest absolute Gasteiger partial charge is 0.243 e. The molecule has 76 valence electrons. The van der Waals surface area contributed by atoms with E-state index >= 15 is 0 Å². The largest absolute Gasteiger partial charge is 0.342 e. The molecule has 2 aromatic rings. The van der Waals surface area contributed by atoms with Crippen molar-refractivity contribution in [3.8, 4) is 11.8 Å². The predicted octanol–water partition coefficient (Wildman–Crippen LogP) is 1.93. The molecule has 0 saturated carbocycles. The minimum Gasteiger partial charge on any atom is -0.342 e. The zero-order valence-corrected chi connectivity index (χ0v) is 9.74. The molecule has 2 aromatic heterocycles. The van der Waals surface area contributed by atoms with E-state index in [4.69, 9.17) is 0 Å². The predicted molar refractivity (Wildman–Crippen MR) is 62.6 cm³/mol. The molecule has 0 saturated heterocycles. The number of aromatic nitrogens is 3. The standard InChI is InChI=1S/C10H9BrN4/c1-2-3-6-12-10-13-9-8(11)5-4-7-15(9)14-10/h4-5,7H,6H2,1H3,(H,12,14). The Bertz CT molecular complexity index is 535. The van der Waals surface area contributed by atoms with Crippen LogP contribution in [-0.2, 0) is 0 Å². The average molecular weight is 265 g/mol. The van der Waals surface area contributed by atoms with E-state index in [1.165, 1.54) is 0 Å². The molecule has 0 spiro atoms. The summed E-state index contributed by atoms with van der Waals surface area (Å²) < 4.78 is 2.64. The molecule has 0 unspecified atom stereocenters. The fourth-order valence-corrected chi connectivity index (χ4v) is 1.58. The van der Waals surface area contributed by atoms with E-state index in [1.807, 2.05) is 18.3 Å². The molecule has 0 radical (unpaired) electrons. The number of anilines is 1. The van der Waals surface area contributed by atoms with Crippen molar-refractivity contribution in [2.24, 2.45) is 0 Å². The van der Waals surface area contributed by atoms with E-state index in [1.54, 1.807) is 11.4 Å². The first-order valence-corrected chi connectivity index (χ1v) is 5.25. The van der Waals surface area contributed by atoms with Crippen molar-refractivity contribution >= 4 is 27.5 Å². The maximum Gasteiger partial charge on any atom is 0.243 e. The zero-order chi connectivity index (χ0) is 10.7. The summed E-state index contributed by atoms with van der Waals surface area (Å²) in [7, 11) is 0. The molecule has 4 nitrogen and oxygen atoms in total. The van der Waals surface area contributed by atoms with Gasteiger partial charge in [0.15, 0.2) is 5.65 Å². The highest BCUT2D eigenvalue weighted by Crippen LogP contribution is 2.16. The first-order valence-electron chi connectivity index (χ1n) is 4.45. The van der Waals surface area contributed by atoms with E-state index in [-0.39, 0.29) is 0 Å². The maximum atomic E-state index is 4.31. The summed E-state index contributed by atoms with van der Waals surface area (Å²) in [5, 5.41) is 7.27. The Morgan fingerprint density at radius 3 is 3.20 bits per heavy atom. The summed E-state index contributed by atoms with van der Waals surface area (Å²) in [6, 6.07) is 3.83. The van der Waals surface area contributed by atoms with E-state index in [9.17, 15) is 0 Å². The van der Waals surface area contributed by atoms with Crippen LogP contribution in [0.4, 0.5) is 5.95 Å². The van der Waals surface area contributed by atoms with Gasteiger partial charge in [-0.15, -0.1) is 11.0 Å². The summed E-state index contributed by atoms with van der Waals surface area (Å²) in [6.45, 7) is 2.36. The first kappa shape index (κ1) is 9.99. The number of pyridine rings is 1. The van der Waals surface area contributed by atoms with Crippen molar-refractivity contribution in [1.29, 1.82) is 0 Å². The SMILES string of the molecule is CC#CCNc1nc2c(Br)cccn2n1. The molecule has 15 heavy (non-hydrogen) atoms. The highest BCUT2D eigenvalue weighted by atomic mass is 79.9. The lowest BCUT2D eigenvalue weighted by Gasteiger charge is -1.90. The van der Waals surface area contributed by atoms with Gasteiger partial charge in [-0.25, -0.2) is 4.52 Å². The van der Waals surface area contributed by atoms with Gasteiger partial charge in [-0.3, -0.25) is 0 Å². The van der Waals surface area contributed by atoms with Crippen LogP contribution in [0, 0.1) is 11.8 Å². The summed E-state index contributed by atoms with van der Waals surface area (Å²) in [5.74, 6) is 6.28. The van der Waals surface area contributed by atoms with Gasteiger partial charge in [-0.05, 0) is 35.0 Å². The van der Waals surface area contributed by atoms with Gasteiger partial charge in [-0.2, -0.15) is 4.98 Å². The van der Waals surface area contributed by atoms with Crippen molar-refractivity contribution in [2.45, 2.75) is 6.92 Å². The first-order chi connectivity index (χ1) is 7.31. The van der Waals surface area contributed by atoms with Crippen LogP contribution in [0.15, 0.2) is 22.8 Å².